The summed E-state index contributed by atoms with van der Waals surface area (Å²) in [5.74, 6) is -1.85. The lowest BCUT2D eigenvalue weighted by Gasteiger charge is -2.32. The summed E-state index contributed by atoms with van der Waals surface area (Å²) in [5.41, 5.74) is 2.46. The van der Waals surface area contributed by atoms with E-state index in [2.05, 4.69) is 25.5 Å². The van der Waals surface area contributed by atoms with Gasteiger partial charge >= 0.3 is 5.97 Å². The molecule has 0 aliphatic carbocycles. The zero-order valence-corrected chi connectivity index (χ0v) is 23.9. The molecule has 1 unspecified atom stereocenters. The SMILES string of the molecule is Cl.O=C(Nc1c(F)cccc1Cl)c1cnc(Nc2ccc(N3CCC(C(=O)O)CC3)cc2)nc1CCC1CCCO1. The van der Waals surface area contributed by atoms with Gasteiger partial charge in [-0.3, -0.25) is 9.59 Å². The number of aromatic nitrogens is 2. The van der Waals surface area contributed by atoms with Crippen molar-refractivity contribution in [3.05, 3.63) is 70.8 Å². The van der Waals surface area contributed by atoms with Crippen LogP contribution in [0.15, 0.2) is 48.7 Å². The van der Waals surface area contributed by atoms with Gasteiger partial charge in [0.2, 0.25) is 5.95 Å². The van der Waals surface area contributed by atoms with E-state index in [1.165, 1.54) is 24.4 Å². The van der Waals surface area contributed by atoms with E-state index in [1.807, 2.05) is 24.3 Å². The molecule has 41 heavy (non-hydrogen) atoms. The zero-order chi connectivity index (χ0) is 28.1. The molecule has 0 saturated carbocycles. The quantitative estimate of drug-likeness (QED) is 0.268. The largest absolute Gasteiger partial charge is 0.481 e. The number of hydrogen-bond acceptors (Lipinski definition) is 7. The second-order valence-corrected chi connectivity index (χ2v) is 10.5. The van der Waals surface area contributed by atoms with Crippen LogP contribution in [0.1, 0.15) is 48.2 Å². The van der Waals surface area contributed by atoms with Crippen LogP contribution in [-0.2, 0) is 16.0 Å². The van der Waals surface area contributed by atoms with Crippen LogP contribution in [0.25, 0.3) is 0 Å². The highest BCUT2D eigenvalue weighted by atomic mass is 35.5. The lowest BCUT2D eigenvalue weighted by Crippen LogP contribution is -2.36. The van der Waals surface area contributed by atoms with Crippen molar-refractivity contribution in [2.45, 2.75) is 44.6 Å². The molecule has 218 valence electrons. The van der Waals surface area contributed by atoms with Crippen molar-refractivity contribution in [2.24, 2.45) is 5.92 Å². The molecule has 2 aliphatic heterocycles. The second kappa shape index (κ2) is 13.9. The number of amides is 1. The summed E-state index contributed by atoms with van der Waals surface area (Å²) in [5, 5.41) is 15.1. The van der Waals surface area contributed by atoms with Gasteiger partial charge in [0.15, 0.2) is 0 Å². The van der Waals surface area contributed by atoms with Gasteiger partial charge in [0.1, 0.15) is 5.82 Å². The number of piperidine rings is 1. The van der Waals surface area contributed by atoms with Crippen molar-refractivity contribution >= 4 is 58.9 Å². The standard InChI is InChI=1S/C29H31ClFN5O4.ClH/c30-23-4-1-5-24(31)26(23)35-27(37)22-17-32-29(34-25(22)11-10-21-3-2-16-40-21)33-19-6-8-20(9-7-19)36-14-12-18(13-15-36)28(38)39;/h1,4-9,17-18,21H,2-3,10-16H2,(H,35,37)(H,38,39)(H,32,33,34);1H. The molecule has 2 fully saturated rings. The maximum Gasteiger partial charge on any atom is 0.306 e. The number of para-hydroxylation sites is 1. The lowest BCUT2D eigenvalue weighted by molar-refractivity contribution is -0.142. The minimum Gasteiger partial charge on any atom is -0.481 e. The van der Waals surface area contributed by atoms with Gasteiger partial charge in [-0.05, 0) is 74.9 Å². The Morgan fingerprint density at radius 2 is 1.88 bits per heavy atom. The first-order chi connectivity index (χ1) is 19.4. The van der Waals surface area contributed by atoms with Crippen molar-refractivity contribution in [2.75, 3.05) is 35.2 Å². The first-order valence-electron chi connectivity index (χ1n) is 13.4. The smallest absolute Gasteiger partial charge is 0.306 e. The van der Waals surface area contributed by atoms with Crippen LogP contribution in [0.4, 0.5) is 27.4 Å². The van der Waals surface area contributed by atoms with Crippen molar-refractivity contribution in [1.82, 2.24) is 9.97 Å². The lowest BCUT2D eigenvalue weighted by atomic mass is 9.97. The summed E-state index contributed by atoms with van der Waals surface area (Å²) in [4.78, 5) is 35.5. The summed E-state index contributed by atoms with van der Waals surface area (Å²) in [6, 6.07) is 12.0. The number of nitrogens with zero attached hydrogens (tertiary/aromatic N) is 3. The number of ether oxygens (including phenoxy) is 1. The summed E-state index contributed by atoms with van der Waals surface area (Å²) in [6.45, 7) is 2.12. The number of hydrogen-bond donors (Lipinski definition) is 3. The summed E-state index contributed by atoms with van der Waals surface area (Å²) in [7, 11) is 0. The first-order valence-corrected chi connectivity index (χ1v) is 13.8. The van der Waals surface area contributed by atoms with E-state index >= 15 is 0 Å². The van der Waals surface area contributed by atoms with E-state index in [1.54, 1.807) is 0 Å². The number of carboxylic acid groups (broad SMARTS) is 1. The molecule has 3 N–H and O–H groups in total. The maximum absolute atomic E-state index is 14.3. The molecule has 12 heteroatoms. The maximum atomic E-state index is 14.3. The van der Waals surface area contributed by atoms with E-state index in [0.29, 0.717) is 50.4 Å². The Morgan fingerprint density at radius 1 is 1.12 bits per heavy atom. The number of halogens is 3. The molecule has 1 atom stereocenters. The number of benzene rings is 2. The third-order valence-electron chi connectivity index (χ3n) is 7.37. The summed E-state index contributed by atoms with van der Waals surface area (Å²) < 4.78 is 20.0. The molecule has 3 aromatic rings. The average molecular weight is 605 g/mol. The molecule has 0 spiro atoms. The molecule has 9 nitrogen and oxygen atoms in total. The Kier molecular flexibility index (Phi) is 10.4. The van der Waals surface area contributed by atoms with E-state index < -0.39 is 17.7 Å². The van der Waals surface area contributed by atoms with Gasteiger partial charge in [-0.15, -0.1) is 12.4 Å². The number of carbonyl (C=O) groups is 2. The predicted molar refractivity (Wildman–Crippen MR) is 158 cm³/mol. The normalized spacial score (nSPS) is 17.1. The Hall–Kier alpha value is -3.47. The Bertz CT molecular complexity index is 1340. The van der Waals surface area contributed by atoms with Crippen molar-refractivity contribution < 1.29 is 23.8 Å². The Balaban J connectivity index is 0.00000387. The van der Waals surface area contributed by atoms with Crippen molar-refractivity contribution in [1.29, 1.82) is 0 Å². The zero-order valence-electron chi connectivity index (χ0n) is 22.3. The minimum absolute atomic E-state index is 0. The number of aryl methyl sites for hydroxylation is 1. The van der Waals surface area contributed by atoms with Crippen molar-refractivity contribution in [3.8, 4) is 0 Å². The van der Waals surface area contributed by atoms with Crippen LogP contribution in [0.2, 0.25) is 5.02 Å². The van der Waals surface area contributed by atoms with Crippen LogP contribution >= 0.6 is 24.0 Å². The van der Waals surface area contributed by atoms with Gasteiger partial charge in [0.05, 0.1) is 34.0 Å². The van der Waals surface area contributed by atoms with Gasteiger partial charge in [0.25, 0.3) is 5.91 Å². The molecule has 2 aromatic carbocycles. The summed E-state index contributed by atoms with van der Waals surface area (Å²) in [6.07, 6.45) is 5.95. The number of aliphatic carboxylic acids is 1. The van der Waals surface area contributed by atoms with Gasteiger partial charge < -0.3 is 25.4 Å². The molecular weight excluding hydrogens is 572 g/mol. The third kappa shape index (κ3) is 7.63. The molecule has 1 amide bonds. The molecule has 3 heterocycles. The second-order valence-electron chi connectivity index (χ2n) is 10.0. The van der Waals surface area contributed by atoms with Gasteiger partial charge in [0, 0.05) is 37.3 Å². The fourth-order valence-corrected chi connectivity index (χ4v) is 5.30. The van der Waals surface area contributed by atoms with Crippen LogP contribution in [-0.4, -0.2) is 52.8 Å². The summed E-state index contributed by atoms with van der Waals surface area (Å²) >= 11 is 6.10. The topological polar surface area (TPSA) is 117 Å². The van der Waals surface area contributed by atoms with Crippen LogP contribution in [0.3, 0.4) is 0 Å². The van der Waals surface area contributed by atoms with E-state index in [-0.39, 0.29) is 40.7 Å². The average Bonchev–Trinajstić information content (AvgIpc) is 3.48. The number of rotatable bonds is 9. The fourth-order valence-electron chi connectivity index (χ4n) is 5.09. The fraction of sp³-hybridized carbons (Fsp3) is 0.379. The molecule has 0 bridgehead atoms. The molecule has 2 saturated heterocycles. The molecule has 1 aromatic heterocycles. The Labute approximate surface area is 248 Å². The third-order valence-corrected chi connectivity index (χ3v) is 7.69. The minimum atomic E-state index is -0.728. The van der Waals surface area contributed by atoms with Crippen LogP contribution in [0.5, 0.6) is 0 Å². The number of anilines is 4. The molecular formula is C29H32Cl2FN5O4. The number of nitrogens with one attached hydrogen (secondary N) is 2. The predicted octanol–water partition coefficient (Wildman–Crippen LogP) is 6.10. The van der Waals surface area contributed by atoms with Gasteiger partial charge in [-0.25, -0.2) is 14.4 Å². The van der Waals surface area contributed by atoms with Gasteiger partial charge in [-0.1, -0.05) is 17.7 Å². The van der Waals surface area contributed by atoms with Crippen LogP contribution < -0.4 is 15.5 Å². The number of carbonyl (C=O) groups excluding carboxylic acids is 1. The highest BCUT2D eigenvalue weighted by molar-refractivity contribution is 6.34. The van der Waals surface area contributed by atoms with E-state index in [4.69, 9.17) is 16.3 Å². The molecule has 2 aliphatic rings. The molecule has 0 radical (unpaired) electrons. The van der Waals surface area contributed by atoms with Crippen LogP contribution in [0, 0.1) is 11.7 Å². The van der Waals surface area contributed by atoms with E-state index in [9.17, 15) is 19.1 Å². The molecule has 5 rings (SSSR count). The Morgan fingerprint density at radius 3 is 2.54 bits per heavy atom. The van der Waals surface area contributed by atoms with E-state index in [0.717, 1.165) is 30.8 Å². The monoisotopic (exact) mass is 603 g/mol. The highest BCUT2D eigenvalue weighted by Crippen LogP contribution is 2.28. The van der Waals surface area contributed by atoms with Gasteiger partial charge in [-0.2, -0.15) is 0 Å². The van der Waals surface area contributed by atoms with Crippen molar-refractivity contribution in [3.63, 3.8) is 0 Å². The first kappa shape index (κ1) is 30.5. The highest BCUT2D eigenvalue weighted by Gasteiger charge is 2.25. The number of carboxylic acids is 1.